The highest BCUT2D eigenvalue weighted by Crippen LogP contribution is 2.27. The van der Waals surface area contributed by atoms with Crippen LogP contribution < -0.4 is 14.8 Å². The van der Waals surface area contributed by atoms with Gasteiger partial charge in [-0.3, -0.25) is 0 Å². The van der Waals surface area contributed by atoms with E-state index in [4.69, 9.17) is 4.74 Å². The van der Waals surface area contributed by atoms with Crippen LogP contribution in [0.4, 0.5) is 0 Å². The third kappa shape index (κ3) is 3.88. The fourth-order valence-corrected chi connectivity index (χ4v) is 4.65. The number of rotatable bonds is 4. The maximum Gasteiger partial charge on any atom is 0.240 e. The molecular weight excluding hydrogens is 372 g/mol. The fourth-order valence-electron chi connectivity index (χ4n) is 3.56. The summed E-state index contributed by atoms with van der Waals surface area (Å²) in [7, 11) is -3.54. The van der Waals surface area contributed by atoms with Gasteiger partial charge in [-0.1, -0.05) is 24.3 Å². The van der Waals surface area contributed by atoms with E-state index in [0.717, 1.165) is 37.1 Å². The van der Waals surface area contributed by atoms with Gasteiger partial charge in [0.2, 0.25) is 10.0 Å². The summed E-state index contributed by atoms with van der Waals surface area (Å²) in [4.78, 5) is 0.306. The number of aryl methyl sites for hydroxylation is 1. The quantitative estimate of drug-likeness (QED) is 0.836. The topological polar surface area (TPSA) is 67.4 Å². The Balaban J connectivity index is 0.00000196. The predicted molar refractivity (Wildman–Crippen MR) is 104 cm³/mol. The lowest BCUT2D eigenvalue weighted by Crippen LogP contribution is -2.38. The summed E-state index contributed by atoms with van der Waals surface area (Å²) in [5.41, 5.74) is 3.43. The maximum absolute atomic E-state index is 12.7. The second-order valence-corrected chi connectivity index (χ2v) is 8.30. The molecule has 2 aromatic carbocycles. The Labute approximate surface area is 160 Å². The number of halogens is 1. The molecule has 0 aliphatic carbocycles. The van der Waals surface area contributed by atoms with Gasteiger partial charge in [-0.15, -0.1) is 12.4 Å². The van der Waals surface area contributed by atoms with Crippen molar-refractivity contribution in [2.75, 3.05) is 19.7 Å². The largest absolute Gasteiger partial charge is 0.493 e. The van der Waals surface area contributed by atoms with E-state index in [1.807, 2.05) is 12.1 Å². The SMILES string of the molecule is Cl.O=S(=O)(NCC1NCCc2ccccc21)c1ccc2c(c1)CCCO2. The second kappa shape index (κ2) is 7.96. The van der Waals surface area contributed by atoms with Crippen molar-refractivity contribution < 1.29 is 13.2 Å². The molecule has 26 heavy (non-hydrogen) atoms. The molecule has 1 atom stereocenters. The minimum Gasteiger partial charge on any atom is -0.493 e. The number of nitrogens with one attached hydrogen (secondary N) is 2. The molecule has 0 radical (unpaired) electrons. The molecule has 1 unspecified atom stereocenters. The van der Waals surface area contributed by atoms with Gasteiger partial charge >= 0.3 is 0 Å². The van der Waals surface area contributed by atoms with E-state index >= 15 is 0 Å². The van der Waals surface area contributed by atoms with Crippen LogP contribution in [0.1, 0.15) is 29.2 Å². The summed E-state index contributed by atoms with van der Waals surface area (Å²) in [6.45, 7) is 1.90. The van der Waals surface area contributed by atoms with Crippen LogP contribution in [-0.4, -0.2) is 28.1 Å². The highest BCUT2D eigenvalue weighted by molar-refractivity contribution is 7.89. The average molecular weight is 395 g/mol. The molecule has 7 heteroatoms. The molecule has 2 aliphatic rings. The Bertz CT molecular complexity index is 886. The molecule has 0 saturated carbocycles. The molecule has 0 amide bonds. The molecule has 4 rings (SSSR count). The number of hydrogen-bond donors (Lipinski definition) is 2. The first-order valence-corrected chi connectivity index (χ1v) is 10.2. The highest BCUT2D eigenvalue weighted by atomic mass is 35.5. The lowest BCUT2D eigenvalue weighted by atomic mass is 9.95. The Morgan fingerprint density at radius 2 is 1.96 bits per heavy atom. The summed E-state index contributed by atoms with van der Waals surface area (Å²) in [5.74, 6) is 0.799. The van der Waals surface area contributed by atoms with Crippen LogP contribution in [0.3, 0.4) is 0 Å². The fraction of sp³-hybridized carbons (Fsp3) is 0.368. The molecule has 2 heterocycles. The number of benzene rings is 2. The van der Waals surface area contributed by atoms with E-state index < -0.39 is 10.0 Å². The molecule has 0 bridgehead atoms. The van der Waals surface area contributed by atoms with Crippen molar-refractivity contribution in [3.63, 3.8) is 0 Å². The van der Waals surface area contributed by atoms with E-state index in [1.165, 1.54) is 11.1 Å². The lowest BCUT2D eigenvalue weighted by Gasteiger charge is -2.27. The standard InChI is InChI=1S/C19H22N2O3S.ClH/c22-25(23,16-7-8-19-15(12-16)5-3-11-24-19)21-13-18-17-6-2-1-4-14(17)9-10-20-18;/h1-2,4,6-8,12,18,20-21H,3,5,9-11,13H2;1H. The van der Waals surface area contributed by atoms with Gasteiger partial charge in [0.15, 0.2) is 0 Å². The molecule has 2 N–H and O–H groups in total. The van der Waals surface area contributed by atoms with Crippen LogP contribution in [0.5, 0.6) is 5.75 Å². The lowest BCUT2D eigenvalue weighted by molar-refractivity contribution is 0.288. The Morgan fingerprint density at radius 1 is 1.12 bits per heavy atom. The summed E-state index contributed by atoms with van der Waals surface area (Å²) >= 11 is 0. The summed E-state index contributed by atoms with van der Waals surface area (Å²) < 4.78 is 33.7. The van der Waals surface area contributed by atoms with Crippen molar-refractivity contribution in [1.29, 1.82) is 0 Å². The predicted octanol–water partition coefficient (Wildman–Crippen LogP) is 2.60. The van der Waals surface area contributed by atoms with Gasteiger partial charge in [0.05, 0.1) is 11.5 Å². The molecule has 0 aromatic heterocycles. The summed E-state index contributed by atoms with van der Waals surface area (Å²) in [6.07, 6.45) is 2.76. The molecule has 2 aromatic rings. The van der Waals surface area contributed by atoms with Crippen molar-refractivity contribution in [2.24, 2.45) is 0 Å². The number of hydrogen-bond acceptors (Lipinski definition) is 4. The van der Waals surface area contributed by atoms with Gasteiger partial charge < -0.3 is 10.1 Å². The molecule has 5 nitrogen and oxygen atoms in total. The van der Waals surface area contributed by atoms with Gasteiger partial charge in [-0.25, -0.2) is 13.1 Å². The number of ether oxygens (including phenoxy) is 1. The van der Waals surface area contributed by atoms with Crippen molar-refractivity contribution >= 4 is 22.4 Å². The molecule has 0 spiro atoms. The highest BCUT2D eigenvalue weighted by Gasteiger charge is 2.23. The Kier molecular flexibility index (Phi) is 5.87. The van der Waals surface area contributed by atoms with E-state index in [9.17, 15) is 8.42 Å². The van der Waals surface area contributed by atoms with E-state index in [-0.39, 0.29) is 18.4 Å². The van der Waals surface area contributed by atoms with Crippen molar-refractivity contribution in [3.05, 3.63) is 59.2 Å². The van der Waals surface area contributed by atoms with E-state index in [1.54, 1.807) is 18.2 Å². The van der Waals surface area contributed by atoms with Gasteiger partial charge in [0.1, 0.15) is 5.75 Å². The average Bonchev–Trinajstić information content (AvgIpc) is 2.66. The Hall–Kier alpha value is -1.60. The molecule has 0 saturated heterocycles. The first-order chi connectivity index (χ1) is 12.1. The van der Waals surface area contributed by atoms with Crippen LogP contribution in [0.15, 0.2) is 47.4 Å². The summed E-state index contributed by atoms with van der Waals surface area (Å²) in [5, 5.41) is 3.40. The zero-order chi connectivity index (χ0) is 17.3. The third-order valence-corrected chi connectivity index (χ3v) is 6.30. The number of fused-ring (bicyclic) bond motifs is 2. The van der Waals surface area contributed by atoms with Crippen LogP contribution in [0.25, 0.3) is 0 Å². The first kappa shape index (κ1) is 19.2. The molecule has 0 fully saturated rings. The second-order valence-electron chi connectivity index (χ2n) is 6.53. The molecular formula is C19H23ClN2O3S. The van der Waals surface area contributed by atoms with Crippen molar-refractivity contribution in [3.8, 4) is 5.75 Å². The first-order valence-electron chi connectivity index (χ1n) is 8.70. The van der Waals surface area contributed by atoms with Gasteiger partial charge in [0, 0.05) is 12.6 Å². The molecule has 140 valence electrons. The van der Waals surface area contributed by atoms with E-state index in [2.05, 4.69) is 22.2 Å². The Morgan fingerprint density at radius 3 is 2.85 bits per heavy atom. The van der Waals surface area contributed by atoms with Gasteiger partial charge in [-0.05, 0) is 60.7 Å². The van der Waals surface area contributed by atoms with Crippen LogP contribution in [0, 0.1) is 0 Å². The van der Waals surface area contributed by atoms with Crippen LogP contribution in [-0.2, 0) is 22.9 Å². The normalized spacial score (nSPS) is 18.8. The minimum atomic E-state index is -3.54. The number of sulfonamides is 1. The van der Waals surface area contributed by atoms with Crippen LogP contribution in [0.2, 0.25) is 0 Å². The van der Waals surface area contributed by atoms with Gasteiger partial charge in [0.25, 0.3) is 0 Å². The smallest absolute Gasteiger partial charge is 0.240 e. The zero-order valence-electron chi connectivity index (χ0n) is 14.4. The zero-order valence-corrected chi connectivity index (χ0v) is 16.0. The van der Waals surface area contributed by atoms with Crippen LogP contribution >= 0.6 is 12.4 Å². The van der Waals surface area contributed by atoms with E-state index in [0.29, 0.717) is 18.0 Å². The third-order valence-electron chi connectivity index (χ3n) is 4.88. The summed E-state index contributed by atoms with van der Waals surface area (Å²) in [6, 6.07) is 13.3. The van der Waals surface area contributed by atoms with Gasteiger partial charge in [-0.2, -0.15) is 0 Å². The monoisotopic (exact) mass is 394 g/mol. The van der Waals surface area contributed by atoms with Crippen molar-refractivity contribution in [1.82, 2.24) is 10.0 Å². The maximum atomic E-state index is 12.7. The molecule has 2 aliphatic heterocycles. The van der Waals surface area contributed by atoms with Crippen molar-refractivity contribution in [2.45, 2.75) is 30.2 Å². The minimum absolute atomic E-state index is 0.